The molecule has 0 saturated carbocycles. The van der Waals surface area contributed by atoms with E-state index in [-0.39, 0.29) is 11.7 Å². The third-order valence-corrected chi connectivity index (χ3v) is 4.32. The molecule has 3 nitrogen and oxygen atoms in total. The summed E-state index contributed by atoms with van der Waals surface area (Å²) in [6, 6.07) is 20.7. The number of benzene rings is 3. The zero-order valence-electron chi connectivity index (χ0n) is 14.8. The molecule has 0 aliphatic heterocycles. The Labute approximate surface area is 152 Å². The molecule has 0 unspecified atom stereocenters. The monoisotopic (exact) mass is 348 g/mol. The molecule has 4 heteroatoms. The molecule has 0 heterocycles. The number of amides is 1. The van der Waals surface area contributed by atoms with Crippen LogP contribution >= 0.6 is 0 Å². The first-order chi connectivity index (χ1) is 12.5. The fraction of sp³-hybridized carbons (Fsp3) is 0.136. The predicted octanol–water partition coefficient (Wildman–Crippen LogP) is 5.23. The third-order valence-electron chi connectivity index (χ3n) is 4.32. The van der Waals surface area contributed by atoms with E-state index in [0.717, 1.165) is 16.8 Å². The molecule has 3 aromatic carbocycles. The van der Waals surface area contributed by atoms with Gasteiger partial charge in [-0.1, -0.05) is 36.4 Å². The molecule has 3 rings (SSSR count). The maximum atomic E-state index is 13.1. The molecule has 0 aromatic heterocycles. The Morgan fingerprint density at radius 1 is 0.846 bits per heavy atom. The van der Waals surface area contributed by atoms with Crippen molar-refractivity contribution in [3.63, 3.8) is 0 Å². The molecule has 0 bridgehead atoms. The zero-order valence-corrected chi connectivity index (χ0v) is 14.8. The van der Waals surface area contributed by atoms with E-state index < -0.39 is 6.04 Å². The van der Waals surface area contributed by atoms with Gasteiger partial charge in [0.1, 0.15) is 11.9 Å². The highest BCUT2D eigenvalue weighted by molar-refractivity contribution is 5.97. The van der Waals surface area contributed by atoms with Crippen LogP contribution in [0.4, 0.5) is 15.8 Å². The number of carbonyl (C=O) groups excluding carboxylic acids is 1. The molecule has 26 heavy (non-hydrogen) atoms. The van der Waals surface area contributed by atoms with Crippen LogP contribution in [0.5, 0.6) is 0 Å². The van der Waals surface area contributed by atoms with E-state index in [4.69, 9.17) is 0 Å². The SMILES string of the molecule is Cc1ccc(N[C@H](C(=O)Nc2ccc(F)cc2)c2ccccc2)cc1C. The summed E-state index contributed by atoms with van der Waals surface area (Å²) in [4.78, 5) is 12.9. The number of hydrogen-bond acceptors (Lipinski definition) is 2. The first kappa shape index (κ1) is 17.7. The van der Waals surface area contributed by atoms with Gasteiger partial charge in [0.15, 0.2) is 0 Å². The number of aryl methyl sites for hydroxylation is 2. The maximum Gasteiger partial charge on any atom is 0.251 e. The van der Waals surface area contributed by atoms with E-state index in [1.807, 2.05) is 55.5 Å². The van der Waals surface area contributed by atoms with Crippen LogP contribution in [0.1, 0.15) is 22.7 Å². The molecule has 0 fully saturated rings. The molecule has 3 aromatic rings. The molecule has 0 radical (unpaired) electrons. The van der Waals surface area contributed by atoms with Gasteiger partial charge >= 0.3 is 0 Å². The summed E-state index contributed by atoms with van der Waals surface area (Å²) in [5.41, 5.74) is 4.63. The van der Waals surface area contributed by atoms with Crippen LogP contribution in [-0.2, 0) is 4.79 Å². The second-order valence-electron chi connectivity index (χ2n) is 6.28. The lowest BCUT2D eigenvalue weighted by Gasteiger charge is -2.20. The summed E-state index contributed by atoms with van der Waals surface area (Å²) in [5.74, 6) is -0.545. The molecule has 1 amide bonds. The van der Waals surface area contributed by atoms with Crippen molar-refractivity contribution < 1.29 is 9.18 Å². The Morgan fingerprint density at radius 3 is 2.15 bits per heavy atom. The summed E-state index contributed by atoms with van der Waals surface area (Å²) in [6.07, 6.45) is 0. The van der Waals surface area contributed by atoms with Crippen molar-refractivity contribution in [2.45, 2.75) is 19.9 Å². The van der Waals surface area contributed by atoms with Gasteiger partial charge in [-0.25, -0.2) is 4.39 Å². The fourth-order valence-corrected chi connectivity index (χ4v) is 2.69. The van der Waals surface area contributed by atoms with E-state index in [2.05, 4.69) is 17.6 Å². The summed E-state index contributed by atoms with van der Waals surface area (Å²) in [7, 11) is 0. The minimum absolute atomic E-state index is 0.207. The van der Waals surface area contributed by atoms with Gasteiger partial charge in [0.05, 0.1) is 0 Å². The van der Waals surface area contributed by atoms with Gasteiger partial charge < -0.3 is 10.6 Å². The highest BCUT2D eigenvalue weighted by Gasteiger charge is 2.20. The lowest BCUT2D eigenvalue weighted by Crippen LogP contribution is -2.27. The summed E-state index contributed by atoms with van der Waals surface area (Å²) >= 11 is 0. The number of rotatable bonds is 5. The molecule has 0 aliphatic carbocycles. The smallest absolute Gasteiger partial charge is 0.251 e. The Morgan fingerprint density at radius 2 is 1.50 bits per heavy atom. The van der Waals surface area contributed by atoms with E-state index in [0.29, 0.717) is 5.69 Å². The zero-order chi connectivity index (χ0) is 18.5. The minimum atomic E-state index is -0.566. The molecule has 0 aliphatic rings. The van der Waals surface area contributed by atoms with Crippen LogP contribution in [0, 0.1) is 19.7 Å². The lowest BCUT2D eigenvalue weighted by atomic mass is 10.0. The van der Waals surface area contributed by atoms with Gasteiger partial charge in [0.2, 0.25) is 0 Å². The van der Waals surface area contributed by atoms with Crippen molar-refractivity contribution in [3.8, 4) is 0 Å². The highest BCUT2D eigenvalue weighted by atomic mass is 19.1. The second-order valence-corrected chi connectivity index (χ2v) is 6.28. The van der Waals surface area contributed by atoms with Gasteiger partial charge in [-0.15, -0.1) is 0 Å². The van der Waals surface area contributed by atoms with Gasteiger partial charge in [0.25, 0.3) is 5.91 Å². The third kappa shape index (κ3) is 4.28. The first-order valence-corrected chi connectivity index (χ1v) is 8.48. The average molecular weight is 348 g/mol. The quantitative estimate of drug-likeness (QED) is 0.662. The molecule has 132 valence electrons. The molecule has 2 N–H and O–H groups in total. The standard InChI is InChI=1S/C22H21FN2O/c1-15-8-11-20(14-16(15)2)24-21(17-6-4-3-5-7-17)22(26)25-19-12-9-18(23)10-13-19/h3-14,21,24H,1-2H3,(H,25,26)/t21-/m0/s1. The van der Waals surface area contributed by atoms with Crippen molar-refractivity contribution in [1.82, 2.24) is 0 Å². The molecule has 0 saturated heterocycles. The normalized spacial score (nSPS) is 11.7. The van der Waals surface area contributed by atoms with Gasteiger partial charge in [0, 0.05) is 11.4 Å². The van der Waals surface area contributed by atoms with Gasteiger partial charge in [-0.05, 0) is 66.9 Å². The topological polar surface area (TPSA) is 41.1 Å². The summed E-state index contributed by atoms with van der Waals surface area (Å²) < 4.78 is 13.1. The van der Waals surface area contributed by atoms with Crippen LogP contribution < -0.4 is 10.6 Å². The van der Waals surface area contributed by atoms with Crippen LogP contribution in [0.15, 0.2) is 72.8 Å². The maximum absolute atomic E-state index is 13.1. The molecule has 1 atom stereocenters. The largest absolute Gasteiger partial charge is 0.370 e. The van der Waals surface area contributed by atoms with Crippen LogP contribution in [-0.4, -0.2) is 5.91 Å². The Balaban J connectivity index is 1.86. The molecular weight excluding hydrogens is 327 g/mol. The molecular formula is C22H21FN2O. The van der Waals surface area contributed by atoms with Crippen LogP contribution in [0.3, 0.4) is 0 Å². The predicted molar refractivity (Wildman–Crippen MR) is 104 cm³/mol. The van der Waals surface area contributed by atoms with Gasteiger partial charge in [-0.3, -0.25) is 4.79 Å². The van der Waals surface area contributed by atoms with Crippen molar-refractivity contribution >= 4 is 17.3 Å². The Hall–Kier alpha value is -3.14. The number of anilines is 2. The minimum Gasteiger partial charge on any atom is -0.370 e. The number of halogens is 1. The first-order valence-electron chi connectivity index (χ1n) is 8.48. The van der Waals surface area contributed by atoms with Crippen molar-refractivity contribution in [1.29, 1.82) is 0 Å². The number of carbonyl (C=O) groups is 1. The lowest BCUT2D eigenvalue weighted by molar-refractivity contribution is -0.117. The van der Waals surface area contributed by atoms with E-state index >= 15 is 0 Å². The second kappa shape index (κ2) is 7.83. The van der Waals surface area contributed by atoms with Crippen molar-refractivity contribution in [2.24, 2.45) is 0 Å². The Kier molecular flexibility index (Phi) is 5.32. The van der Waals surface area contributed by atoms with Crippen molar-refractivity contribution in [2.75, 3.05) is 10.6 Å². The highest BCUT2D eigenvalue weighted by Crippen LogP contribution is 2.23. The fourth-order valence-electron chi connectivity index (χ4n) is 2.69. The number of nitrogens with one attached hydrogen (secondary N) is 2. The van der Waals surface area contributed by atoms with Gasteiger partial charge in [-0.2, -0.15) is 0 Å². The molecule has 0 spiro atoms. The summed E-state index contributed by atoms with van der Waals surface area (Å²) in [5, 5.41) is 6.15. The number of hydrogen-bond donors (Lipinski definition) is 2. The average Bonchev–Trinajstić information content (AvgIpc) is 2.65. The van der Waals surface area contributed by atoms with E-state index in [1.165, 1.54) is 17.7 Å². The van der Waals surface area contributed by atoms with E-state index in [9.17, 15) is 9.18 Å². The van der Waals surface area contributed by atoms with E-state index in [1.54, 1.807) is 12.1 Å². The van der Waals surface area contributed by atoms with Crippen LogP contribution in [0.2, 0.25) is 0 Å². The van der Waals surface area contributed by atoms with Crippen LogP contribution in [0.25, 0.3) is 0 Å². The Bertz CT molecular complexity index is 892. The van der Waals surface area contributed by atoms with Crippen molar-refractivity contribution in [3.05, 3.63) is 95.3 Å². The summed E-state index contributed by atoms with van der Waals surface area (Å²) in [6.45, 7) is 4.09.